The maximum Gasteiger partial charge on any atom is 0.356 e. The van der Waals surface area contributed by atoms with Gasteiger partial charge in [0.1, 0.15) is 6.07 Å². The van der Waals surface area contributed by atoms with Crippen LogP contribution < -0.4 is 0 Å². The lowest BCUT2D eigenvalue weighted by molar-refractivity contribution is 0.0593. The fraction of sp³-hybridized carbons (Fsp3) is 0.0952. The van der Waals surface area contributed by atoms with Crippen LogP contribution in [0.1, 0.15) is 21.6 Å². The summed E-state index contributed by atoms with van der Waals surface area (Å²) in [6, 6.07) is 21.2. The molecule has 122 valence electrons. The summed E-state index contributed by atoms with van der Waals surface area (Å²) in [5.74, 6) is -0.517. The van der Waals surface area contributed by atoms with Gasteiger partial charge in [-0.1, -0.05) is 60.7 Å². The van der Waals surface area contributed by atoms with Crippen molar-refractivity contribution < 1.29 is 9.53 Å². The van der Waals surface area contributed by atoms with E-state index in [1.807, 2.05) is 60.7 Å². The molecule has 3 rings (SSSR count). The number of nitriles is 1. The van der Waals surface area contributed by atoms with Gasteiger partial charge >= 0.3 is 5.97 Å². The maximum absolute atomic E-state index is 12.2. The quantitative estimate of drug-likeness (QED) is 0.669. The summed E-state index contributed by atoms with van der Waals surface area (Å²) in [6.07, 6.45) is 0. The number of hydrogen-bond acceptors (Lipinski definition) is 4. The number of hydrogen-bond donors (Lipinski definition) is 0. The van der Waals surface area contributed by atoms with Gasteiger partial charge < -0.3 is 4.74 Å². The Balaban J connectivity index is 2.41. The Morgan fingerprint density at radius 3 is 2.08 bits per heavy atom. The average Bonchev–Trinajstić information content (AvgIpc) is 2.68. The number of nitrogens with zero attached hydrogens (tertiary/aromatic N) is 2. The number of rotatable bonds is 3. The second kappa shape index (κ2) is 6.98. The molecule has 3 aromatic rings. The van der Waals surface area contributed by atoms with E-state index in [0.717, 1.165) is 11.1 Å². The molecule has 1 heterocycles. The molecular weight excluding hydrogens is 312 g/mol. The molecule has 4 heteroatoms. The fourth-order valence-corrected chi connectivity index (χ4v) is 2.85. The molecule has 0 fully saturated rings. The first kappa shape index (κ1) is 16.4. The molecule has 0 spiro atoms. The van der Waals surface area contributed by atoms with Gasteiger partial charge in [0.15, 0.2) is 5.69 Å². The van der Waals surface area contributed by atoms with Gasteiger partial charge in [-0.3, -0.25) is 0 Å². The van der Waals surface area contributed by atoms with Crippen molar-refractivity contribution >= 4 is 5.97 Å². The van der Waals surface area contributed by atoms with Crippen LogP contribution in [0, 0.1) is 18.3 Å². The highest BCUT2D eigenvalue weighted by atomic mass is 16.5. The zero-order valence-electron chi connectivity index (χ0n) is 14.0. The van der Waals surface area contributed by atoms with E-state index in [0.29, 0.717) is 22.4 Å². The number of esters is 1. The summed E-state index contributed by atoms with van der Waals surface area (Å²) >= 11 is 0. The molecule has 0 saturated heterocycles. The van der Waals surface area contributed by atoms with Gasteiger partial charge in [-0.2, -0.15) is 5.26 Å². The zero-order chi connectivity index (χ0) is 17.8. The molecule has 0 N–H and O–H groups in total. The van der Waals surface area contributed by atoms with Crippen molar-refractivity contribution in [3.63, 3.8) is 0 Å². The third-order valence-electron chi connectivity index (χ3n) is 4.04. The molecule has 0 radical (unpaired) electrons. The fourth-order valence-electron chi connectivity index (χ4n) is 2.85. The summed E-state index contributed by atoms with van der Waals surface area (Å²) < 4.78 is 4.89. The van der Waals surface area contributed by atoms with E-state index in [2.05, 4.69) is 11.1 Å². The first-order valence-corrected chi connectivity index (χ1v) is 7.81. The first-order valence-electron chi connectivity index (χ1n) is 7.81. The molecule has 0 amide bonds. The summed E-state index contributed by atoms with van der Waals surface area (Å²) in [5, 5.41) is 9.83. The minimum atomic E-state index is -0.517. The van der Waals surface area contributed by atoms with Crippen molar-refractivity contribution in [3.8, 4) is 28.5 Å². The number of benzene rings is 2. The predicted molar refractivity (Wildman–Crippen MR) is 95.9 cm³/mol. The van der Waals surface area contributed by atoms with Crippen molar-refractivity contribution in [2.24, 2.45) is 0 Å². The Bertz CT molecular complexity index is 959. The molecular formula is C21H16N2O2. The number of carbonyl (C=O) groups excluding carboxylic acids is 1. The largest absolute Gasteiger partial charge is 0.464 e. The monoisotopic (exact) mass is 328 g/mol. The minimum absolute atomic E-state index is 0.221. The average molecular weight is 328 g/mol. The molecule has 0 saturated carbocycles. The molecule has 0 bridgehead atoms. The van der Waals surface area contributed by atoms with Crippen molar-refractivity contribution in [3.05, 3.63) is 77.5 Å². The molecule has 0 unspecified atom stereocenters. The highest BCUT2D eigenvalue weighted by Crippen LogP contribution is 2.34. The van der Waals surface area contributed by atoms with Crippen LogP contribution in [0.2, 0.25) is 0 Å². The Kier molecular flexibility index (Phi) is 4.58. The molecule has 0 aliphatic heterocycles. The second-order valence-corrected chi connectivity index (χ2v) is 5.52. The number of aromatic nitrogens is 1. The molecule has 2 aromatic carbocycles. The molecule has 0 aliphatic carbocycles. The second-order valence-electron chi connectivity index (χ2n) is 5.52. The van der Waals surface area contributed by atoms with E-state index in [1.165, 1.54) is 7.11 Å². The van der Waals surface area contributed by atoms with E-state index >= 15 is 0 Å². The van der Waals surface area contributed by atoms with Crippen molar-refractivity contribution in [1.29, 1.82) is 5.26 Å². The Hall–Kier alpha value is -3.45. The van der Waals surface area contributed by atoms with Crippen molar-refractivity contribution in [2.75, 3.05) is 7.11 Å². The maximum atomic E-state index is 12.2. The Labute approximate surface area is 146 Å². The van der Waals surface area contributed by atoms with Crippen LogP contribution in [-0.2, 0) is 4.74 Å². The minimum Gasteiger partial charge on any atom is -0.464 e. The zero-order valence-corrected chi connectivity index (χ0v) is 14.0. The highest BCUT2D eigenvalue weighted by molar-refractivity contribution is 5.94. The van der Waals surface area contributed by atoms with Gasteiger partial charge in [-0.05, 0) is 18.1 Å². The molecule has 0 atom stereocenters. The lowest BCUT2D eigenvalue weighted by Gasteiger charge is -2.15. The number of carbonyl (C=O) groups is 1. The normalized spacial score (nSPS) is 10.1. The van der Waals surface area contributed by atoms with Gasteiger partial charge in [0.2, 0.25) is 0 Å². The number of pyridine rings is 1. The van der Waals surface area contributed by atoms with Crippen LogP contribution in [0.4, 0.5) is 0 Å². The summed E-state index contributed by atoms with van der Waals surface area (Å²) in [4.78, 5) is 16.7. The van der Waals surface area contributed by atoms with Gasteiger partial charge in [-0.15, -0.1) is 0 Å². The van der Waals surface area contributed by atoms with Gasteiger partial charge in [0.05, 0.1) is 18.4 Å². The summed E-state index contributed by atoms with van der Waals surface area (Å²) in [5.41, 5.74) is 4.13. The van der Waals surface area contributed by atoms with E-state index in [9.17, 15) is 10.1 Å². The summed E-state index contributed by atoms with van der Waals surface area (Å²) in [7, 11) is 1.33. The number of ether oxygens (including phenoxy) is 1. The van der Waals surface area contributed by atoms with Gasteiger partial charge in [0.25, 0.3) is 0 Å². The van der Waals surface area contributed by atoms with Crippen molar-refractivity contribution in [1.82, 2.24) is 4.98 Å². The van der Waals surface area contributed by atoms with Crippen molar-refractivity contribution in [2.45, 2.75) is 6.92 Å². The molecule has 0 aliphatic rings. The summed E-state index contributed by atoms with van der Waals surface area (Å²) in [6.45, 7) is 1.79. The van der Waals surface area contributed by atoms with Crippen LogP contribution in [0.15, 0.2) is 60.7 Å². The lowest BCUT2D eigenvalue weighted by atomic mass is 9.91. The standard InChI is InChI=1S/C21H16N2O2/c1-14-18(15-9-5-3-6-10-15)17(13-22)20(16-11-7-4-8-12-16)23-19(14)21(24)25-2/h3-12H,1-2H3. The van der Waals surface area contributed by atoms with Crippen LogP contribution in [0.25, 0.3) is 22.4 Å². The van der Waals surface area contributed by atoms with Gasteiger partial charge in [0, 0.05) is 11.1 Å². The highest BCUT2D eigenvalue weighted by Gasteiger charge is 2.23. The molecule has 4 nitrogen and oxygen atoms in total. The van der Waals surface area contributed by atoms with E-state index in [1.54, 1.807) is 6.92 Å². The molecule has 25 heavy (non-hydrogen) atoms. The van der Waals surface area contributed by atoms with E-state index in [4.69, 9.17) is 4.74 Å². The van der Waals surface area contributed by atoms with Gasteiger partial charge in [-0.25, -0.2) is 9.78 Å². The van der Waals surface area contributed by atoms with E-state index < -0.39 is 5.97 Å². The Morgan fingerprint density at radius 1 is 1.00 bits per heavy atom. The SMILES string of the molecule is COC(=O)c1nc(-c2ccccc2)c(C#N)c(-c2ccccc2)c1C. The van der Waals surface area contributed by atoms with E-state index in [-0.39, 0.29) is 5.69 Å². The third kappa shape index (κ3) is 3.00. The Morgan fingerprint density at radius 2 is 1.56 bits per heavy atom. The lowest BCUT2D eigenvalue weighted by Crippen LogP contribution is -2.11. The topological polar surface area (TPSA) is 63.0 Å². The smallest absolute Gasteiger partial charge is 0.356 e. The third-order valence-corrected chi connectivity index (χ3v) is 4.04. The predicted octanol–water partition coefficient (Wildman–Crippen LogP) is 4.38. The van der Waals surface area contributed by atoms with Crippen LogP contribution in [0.5, 0.6) is 0 Å². The van der Waals surface area contributed by atoms with Crippen LogP contribution in [0.3, 0.4) is 0 Å². The van der Waals surface area contributed by atoms with Crippen LogP contribution >= 0.6 is 0 Å². The number of methoxy groups -OCH3 is 1. The first-order chi connectivity index (χ1) is 12.2. The molecule has 1 aromatic heterocycles. The van der Waals surface area contributed by atoms with Crippen LogP contribution in [-0.4, -0.2) is 18.1 Å².